The molecule has 4 N–H and O–H groups in total. The lowest BCUT2D eigenvalue weighted by Gasteiger charge is -2.41. The molecule has 212 valence electrons. The Balaban J connectivity index is 1.83. The second-order valence-electron chi connectivity index (χ2n) is 9.27. The first-order chi connectivity index (χ1) is 19.1. The number of aromatic nitrogens is 2. The normalized spacial score (nSPS) is 23.7. The summed E-state index contributed by atoms with van der Waals surface area (Å²) in [7, 11) is 1.37. The van der Waals surface area contributed by atoms with Crippen molar-refractivity contribution in [2.75, 3.05) is 7.11 Å². The minimum absolute atomic E-state index is 0.170. The molecule has 1 saturated heterocycles. The molecule has 0 spiro atoms. The van der Waals surface area contributed by atoms with Gasteiger partial charge in [-0.25, -0.2) is 19.6 Å². The second kappa shape index (κ2) is 12.1. The molecule has 0 saturated carbocycles. The second-order valence-corrected chi connectivity index (χ2v) is 9.27. The van der Waals surface area contributed by atoms with Crippen molar-refractivity contribution in [2.24, 2.45) is 0 Å². The van der Waals surface area contributed by atoms with E-state index < -0.39 is 54.3 Å². The standard InChI is InChI=1S/C28H30N2O10/c1-15-14-16(2)30-27(29-15)39-23(25(36)40-26-21(33)19(31)20(32)22(38-26)24(34)35)28(37-3,17-10-6-4-7-11-17)18-12-8-5-9-13-18/h4-14,19-23,26,31-33H,1-3H3,(H,34,35)/t19-,20-,21-,22-,23-,26-/m0/s1. The minimum Gasteiger partial charge on any atom is -0.479 e. The molecular weight excluding hydrogens is 524 g/mol. The van der Waals surface area contributed by atoms with Gasteiger partial charge in [0.1, 0.15) is 18.3 Å². The first kappa shape index (κ1) is 29.1. The molecule has 12 heteroatoms. The van der Waals surface area contributed by atoms with Gasteiger partial charge in [0, 0.05) is 18.5 Å². The zero-order valence-corrected chi connectivity index (χ0v) is 21.9. The monoisotopic (exact) mass is 554 g/mol. The number of esters is 1. The summed E-state index contributed by atoms with van der Waals surface area (Å²) >= 11 is 0. The third-order valence-corrected chi connectivity index (χ3v) is 6.54. The van der Waals surface area contributed by atoms with Crippen molar-refractivity contribution in [1.82, 2.24) is 9.97 Å². The molecule has 4 rings (SSSR count). The van der Waals surface area contributed by atoms with Crippen LogP contribution in [0, 0.1) is 13.8 Å². The van der Waals surface area contributed by atoms with E-state index in [1.807, 2.05) is 0 Å². The predicted octanol–water partition coefficient (Wildman–Crippen LogP) is 0.866. The Bertz CT molecular complexity index is 1260. The zero-order chi connectivity index (χ0) is 29.0. The van der Waals surface area contributed by atoms with Gasteiger partial charge in [0.25, 0.3) is 0 Å². The van der Waals surface area contributed by atoms with Gasteiger partial charge in [-0.2, -0.15) is 0 Å². The molecule has 0 aliphatic carbocycles. The van der Waals surface area contributed by atoms with E-state index in [4.69, 9.17) is 18.9 Å². The Morgan fingerprint density at radius 3 is 1.88 bits per heavy atom. The molecule has 3 aromatic rings. The van der Waals surface area contributed by atoms with Gasteiger partial charge in [-0.15, -0.1) is 0 Å². The van der Waals surface area contributed by atoms with Crippen LogP contribution < -0.4 is 4.74 Å². The fourth-order valence-corrected chi connectivity index (χ4v) is 4.66. The first-order valence-corrected chi connectivity index (χ1v) is 12.4. The minimum atomic E-state index is -1.98. The van der Waals surface area contributed by atoms with E-state index in [1.165, 1.54) is 7.11 Å². The maximum Gasteiger partial charge on any atom is 0.353 e. The van der Waals surface area contributed by atoms with Gasteiger partial charge < -0.3 is 39.4 Å². The summed E-state index contributed by atoms with van der Waals surface area (Å²) in [6.45, 7) is 3.44. The fraction of sp³-hybridized carbons (Fsp3) is 0.357. The molecule has 40 heavy (non-hydrogen) atoms. The van der Waals surface area contributed by atoms with E-state index in [2.05, 4.69) is 9.97 Å². The number of rotatable bonds is 9. The van der Waals surface area contributed by atoms with E-state index in [-0.39, 0.29) is 6.01 Å². The average Bonchev–Trinajstić information content (AvgIpc) is 2.94. The van der Waals surface area contributed by atoms with Gasteiger partial charge >= 0.3 is 17.9 Å². The fourth-order valence-electron chi connectivity index (χ4n) is 4.66. The number of aryl methyl sites for hydroxylation is 2. The summed E-state index contributed by atoms with van der Waals surface area (Å²) in [4.78, 5) is 34.1. The Kier molecular flexibility index (Phi) is 8.76. The number of carbonyl (C=O) groups excluding carboxylic acids is 1. The topological polar surface area (TPSA) is 178 Å². The quantitative estimate of drug-likeness (QED) is 0.275. The number of hydrogen-bond acceptors (Lipinski definition) is 11. The number of carbonyl (C=O) groups is 2. The molecule has 0 amide bonds. The highest BCUT2D eigenvalue weighted by atomic mass is 16.7. The highest BCUT2D eigenvalue weighted by Crippen LogP contribution is 2.39. The number of hydrogen-bond donors (Lipinski definition) is 4. The van der Waals surface area contributed by atoms with E-state index in [9.17, 15) is 30.0 Å². The maximum absolute atomic E-state index is 14.0. The third-order valence-electron chi connectivity index (χ3n) is 6.54. The SMILES string of the molecule is COC(c1ccccc1)(c1ccccc1)[C@@H](Oc1nc(C)cc(C)n1)C(=O)O[C@@H]1O[C@H](C(=O)O)[C@@H](O)[C@H](O)[C@@H]1O. The highest BCUT2D eigenvalue weighted by Gasteiger charge is 2.53. The van der Waals surface area contributed by atoms with Gasteiger partial charge in [-0.1, -0.05) is 60.7 Å². The van der Waals surface area contributed by atoms with Crippen LogP contribution in [-0.4, -0.2) is 86.3 Å². The van der Waals surface area contributed by atoms with Crippen LogP contribution in [0.5, 0.6) is 6.01 Å². The van der Waals surface area contributed by atoms with Gasteiger partial charge in [0.15, 0.2) is 11.7 Å². The van der Waals surface area contributed by atoms with Gasteiger partial charge in [-0.3, -0.25) is 0 Å². The van der Waals surface area contributed by atoms with Crippen molar-refractivity contribution < 1.29 is 49.0 Å². The smallest absolute Gasteiger partial charge is 0.353 e. The number of benzene rings is 2. The molecule has 0 radical (unpaired) electrons. The lowest BCUT2D eigenvalue weighted by molar-refractivity contribution is -0.289. The van der Waals surface area contributed by atoms with Crippen LogP contribution >= 0.6 is 0 Å². The molecule has 2 heterocycles. The van der Waals surface area contributed by atoms with Gasteiger partial charge in [-0.05, 0) is 31.0 Å². The Labute approximate surface area is 229 Å². The number of aliphatic hydroxyl groups is 3. The maximum atomic E-state index is 14.0. The summed E-state index contributed by atoms with van der Waals surface area (Å²) in [5, 5.41) is 40.2. The van der Waals surface area contributed by atoms with Crippen LogP contribution in [0.25, 0.3) is 0 Å². The predicted molar refractivity (Wildman–Crippen MR) is 137 cm³/mol. The number of carboxylic acid groups (broad SMARTS) is 1. The van der Waals surface area contributed by atoms with Crippen molar-refractivity contribution in [3.05, 3.63) is 89.2 Å². The summed E-state index contributed by atoms with van der Waals surface area (Å²) in [6, 6.07) is 18.9. The number of methoxy groups -OCH3 is 1. The van der Waals surface area contributed by atoms with Crippen molar-refractivity contribution in [3.63, 3.8) is 0 Å². The molecule has 0 unspecified atom stereocenters. The third kappa shape index (κ3) is 5.67. The van der Waals surface area contributed by atoms with Gasteiger partial charge in [0.05, 0.1) is 0 Å². The van der Waals surface area contributed by atoms with Crippen LogP contribution in [0.2, 0.25) is 0 Å². The lowest BCUT2D eigenvalue weighted by atomic mass is 9.81. The van der Waals surface area contributed by atoms with Crippen LogP contribution in [0.1, 0.15) is 22.5 Å². The van der Waals surface area contributed by atoms with Crippen LogP contribution in [0.3, 0.4) is 0 Å². The van der Waals surface area contributed by atoms with E-state index in [0.29, 0.717) is 22.5 Å². The number of aliphatic hydroxyl groups excluding tert-OH is 3. The zero-order valence-electron chi connectivity index (χ0n) is 21.9. The van der Waals surface area contributed by atoms with Crippen LogP contribution in [0.4, 0.5) is 0 Å². The molecule has 6 atom stereocenters. The lowest BCUT2D eigenvalue weighted by Crippen LogP contribution is -2.61. The number of carboxylic acids is 1. The summed E-state index contributed by atoms with van der Waals surface area (Å²) in [5.41, 5.74) is 0.414. The molecule has 2 aromatic carbocycles. The summed E-state index contributed by atoms with van der Waals surface area (Å²) in [6.07, 6.45) is -11.6. The van der Waals surface area contributed by atoms with Crippen LogP contribution in [0.15, 0.2) is 66.7 Å². The number of nitrogens with zero attached hydrogens (tertiary/aromatic N) is 2. The van der Waals surface area contributed by atoms with E-state index in [1.54, 1.807) is 80.6 Å². The van der Waals surface area contributed by atoms with Gasteiger partial charge in [0.2, 0.25) is 12.4 Å². The van der Waals surface area contributed by atoms with Crippen molar-refractivity contribution in [2.45, 2.75) is 56.3 Å². The Morgan fingerprint density at radius 2 is 1.40 bits per heavy atom. The Hall–Kier alpha value is -3.94. The largest absolute Gasteiger partial charge is 0.479 e. The van der Waals surface area contributed by atoms with Crippen molar-refractivity contribution >= 4 is 11.9 Å². The summed E-state index contributed by atoms with van der Waals surface area (Å²) in [5.74, 6) is -2.79. The van der Waals surface area contributed by atoms with E-state index in [0.717, 1.165) is 0 Å². The molecule has 0 bridgehead atoms. The molecular formula is C28H30N2O10. The molecule has 1 aliphatic rings. The Morgan fingerprint density at radius 1 is 0.875 bits per heavy atom. The van der Waals surface area contributed by atoms with Crippen molar-refractivity contribution in [3.8, 4) is 6.01 Å². The molecule has 12 nitrogen and oxygen atoms in total. The highest BCUT2D eigenvalue weighted by molar-refractivity contribution is 5.79. The summed E-state index contributed by atoms with van der Waals surface area (Å²) < 4.78 is 22.8. The average molecular weight is 555 g/mol. The first-order valence-electron chi connectivity index (χ1n) is 12.4. The molecule has 1 fully saturated rings. The number of aliphatic carboxylic acids is 1. The molecule has 1 aliphatic heterocycles. The van der Waals surface area contributed by atoms with Crippen LogP contribution in [-0.2, 0) is 29.4 Å². The van der Waals surface area contributed by atoms with Crippen molar-refractivity contribution in [1.29, 1.82) is 0 Å². The molecule has 1 aromatic heterocycles. The van der Waals surface area contributed by atoms with E-state index >= 15 is 0 Å². The number of ether oxygens (including phenoxy) is 4.